The van der Waals surface area contributed by atoms with Gasteiger partial charge in [-0.15, -0.1) is 0 Å². The number of rotatable bonds is 6. The summed E-state index contributed by atoms with van der Waals surface area (Å²) in [5.41, 5.74) is 1.29. The molecule has 10 heteroatoms. The summed E-state index contributed by atoms with van der Waals surface area (Å²) < 4.78 is 10.4. The molecule has 0 radical (unpaired) electrons. The Labute approximate surface area is 183 Å². The van der Waals surface area contributed by atoms with Gasteiger partial charge in [-0.1, -0.05) is 11.3 Å². The maximum atomic E-state index is 12.6. The first kappa shape index (κ1) is 20.9. The second-order valence-electron chi connectivity index (χ2n) is 6.94. The maximum Gasteiger partial charge on any atom is 0.251 e. The number of nitrogens with zero attached hydrogens (tertiary/aromatic N) is 4. The number of thiazole rings is 1. The van der Waals surface area contributed by atoms with Crippen LogP contribution in [0.5, 0.6) is 11.5 Å². The number of methoxy groups -OCH3 is 2. The second-order valence-corrected chi connectivity index (χ2v) is 7.90. The molecule has 0 saturated carbocycles. The number of hydrogen-bond donors (Lipinski definition) is 1. The quantitative estimate of drug-likeness (QED) is 0.623. The van der Waals surface area contributed by atoms with E-state index in [1.165, 1.54) is 14.2 Å². The van der Waals surface area contributed by atoms with Gasteiger partial charge in [0.15, 0.2) is 16.6 Å². The zero-order chi connectivity index (χ0) is 21.8. The molecule has 1 fully saturated rings. The fraction of sp³-hybridized carbons (Fsp3) is 0.333. The highest BCUT2D eigenvalue weighted by Crippen LogP contribution is 2.28. The number of fused-ring (bicyclic) bond motifs is 1. The van der Waals surface area contributed by atoms with Gasteiger partial charge < -0.3 is 24.6 Å². The number of hydrogen-bond acceptors (Lipinski definition) is 8. The summed E-state index contributed by atoms with van der Waals surface area (Å²) in [6.07, 6.45) is 1.76. The van der Waals surface area contributed by atoms with Crippen LogP contribution in [0.1, 0.15) is 10.4 Å². The highest BCUT2D eigenvalue weighted by Gasteiger charge is 2.23. The van der Waals surface area contributed by atoms with Crippen LogP contribution in [0.15, 0.2) is 36.5 Å². The minimum absolute atomic E-state index is 0.0573. The molecular formula is C21H23N5O4S. The van der Waals surface area contributed by atoms with Crippen molar-refractivity contribution in [3.63, 3.8) is 0 Å². The summed E-state index contributed by atoms with van der Waals surface area (Å²) in [5, 5.41) is 3.61. The predicted molar refractivity (Wildman–Crippen MR) is 118 cm³/mol. The molecule has 0 atom stereocenters. The standard InChI is InChI=1S/C21H23N5O4S/c1-29-16-6-5-14(12-17(16)30-2)19(28)23-13-18(27)25-8-10-26(11-9-25)21-24-15-4-3-7-22-20(15)31-21/h3-7,12H,8-11,13H2,1-2H3,(H,23,28). The SMILES string of the molecule is COc1ccc(C(=O)NCC(=O)N2CCN(c3nc4cccnc4s3)CC2)cc1OC. The van der Waals surface area contributed by atoms with Crippen molar-refractivity contribution in [2.24, 2.45) is 0 Å². The van der Waals surface area contributed by atoms with Gasteiger partial charge >= 0.3 is 0 Å². The van der Waals surface area contributed by atoms with E-state index in [-0.39, 0.29) is 18.4 Å². The lowest BCUT2D eigenvalue weighted by Gasteiger charge is -2.34. The molecule has 3 heterocycles. The second kappa shape index (κ2) is 9.17. The Bertz CT molecular complexity index is 1060. The molecule has 9 nitrogen and oxygen atoms in total. The summed E-state index contributed by atoms with van der Waals surface area (Å²) >= 11 is 1.55. The number of anilines is 1. The van der Waals surface area contributed by atoms with Gasteiger partial charge in [-0.05, 0) is 30.3 Å². The van der Waals surface area contributed by atoms with Crippen LogP contribution < -0.4 is 19.7 Å². The van der Waals surface area contributed by atoms with E-state index in [0.717, 1.165) is 15.5 Å². The van der Waals surface area contributed by atoms with Crippen LogP contribution in [0.2, 0.25) is 0 Å². The van der Waals surface area contributed by atoms with Gasteiger partial charge in [0.1, 0.15) is 10.3 Å². The molecular weight excluding hydrogens is 418 g/mol. The zero-order valence-corrected chi connectivity index (χ0v) is 18.1. The van der Waals surface area contributed by atoms with Crippen LogP contribution in [0.25, 0.3) is 10.3 Å². The molecule has 162 valence electrons. The predicted octanol–water partition coefficient (Wildman–Crippen LogP) is 1.79. The molecule has 1 aliphatic rings. The molecule has 2 aromatic heterocycles. The van der Waals surface area contributed by atoms with Gasteiger partial charge in [0.05, 0.1) is 20.8 Å². The Balaban J connectivity index is 1.29. The van der Waals surface area contributed by atoms with E-state index in [0.29, 0.717) is 43.2 Å². The van der Waals surface area contributed by atoms with E-state index in [1.54, 1.807) is 40.6 Å². The van der Waals surface area contributed by atoms with E-state index in [1.807, 2.05) is 12.1 Å². The van der Waals surface area contributed by atoms with E-state index < -0.39 is 0 Å². The lowest BCUT2D eigenvalue weighted by atomic mass is 10.2. The van der Waals surface area contributed by atoms with Gasteiger partial charge in [0.2, 0.25) is 5.91 Å². The van der Waals surface area contributed by atoms with Crippen molar-refractivity contribution in [2.75, 3.05) is 51.8 Å². The molecule has 1 aliphatic heterocycles. The van der Waals surface area contributed by atoms with Crippen molar-refractivity contribution in [3.05, 3.63) is 42.1 Å². The number of carbonyl (C=O) groups is 2. The third-order valence-corrected chi connectivity index (χ3v) is 6.14. The third kappa shape index (κ3) is 4.53. The van der Waals surface area contributed by atoms with Crippen LogP contribution in [-0.4, -0.2) is 73.6 Å². The van der Waals surface area contributed by atoms with Crippen LogP contribution in [0.3, 0.4) is 0 Å². The van der Waals surface area contributed by atoms with Crippen LogP contribution in [-0.2, 0) is 4.79 Å². The Morgan fingerprint density at radius 2 is 1.87 bits per heavy atom. The number of ether oxygens (including phenoxy) is 2. The van der Waals surface area contributed by atoms with Gasteiger partial charge in [-0.25, -0.2) is 9.97 Å². The molecule has 1 saturated heterocycles. The molecule has 2 amide bonds. The molecule has 4 rings (SSSR count). The fourth-order valence-electron chi connectivity index (χ4n) is 3.39. The van der Waals surface area contributed by atoms with Crippen molar-refractivity contribution in [3.8, 4) is 11.5 Å². The molecule has 1 N–H and O–H groups in total. The maximum absolute atomic E-state index is 12.6. The molecule has 0 spiro atoms. The first-order valence-electron chi connectivity index (χ1n) is 9.83. The molecule has 1 aromatic carbocycles. The third-order valence-electron chi connectivity index (χ3n) is 5.10. The molecule has 0 unspecified atom stereocenters. The Hall–Kier alpha value is -3.40. The smallest absolute Gasteiger partial charge is 0.251 e. The van der Waals surface area contributed by atoms with Gasteiger partial charge in [-0.3, -0.25) is 9.59 Å². The number of piperazine rings is 1. The van der Waals surface area contributed by atoms with Crippen molar-refractivity contribution in [1.29, 1.82) is 0 Å². The summed E-state index contributed by atoms with van der Waals surface area (Å²) in [7, 11) is 3.04. The lowest BCUT2D eigenvalue weighted by Crippen LogP contribution is -2.51. The number of amides is 2. The van der Waals surface area contributed by atoms with Crippen molar-refractivity contribution >= 4 is 38.6 Å². The van der Waals surface area contributed by atoms with Crippen molar-refractivity contribution in [2.45, 2.75) is 0 Å². The summed E-state index contributed by atoms with van der Waals surface area (Å²) in [6.45, 7) is 2.48. The number of benzene rings is 1. The largest absolute Gasteiger partial charge is 0.493 e. The first-order chi connectivity index (χ1) is 15.1. The van der Waals surface area contributed by atoms with E-state index >= 15 is 0 Å². The monoisotopic (exact) mass is 441 g/mol. The summed E-state index contributed by atoms with van der Waals surface area (Å²) in [5.74, 6) is 0.550. The normalized spacial score (nSPS) is 13.9. The van der Waals surface area contributed by atoms with Crippen LogP contribution in [0, 0.1) is 0 Å². The molecule has 0 bridgehead atoms. The Kier molecular flexibility index (Phi) is 6.17. The van der Waals surface area contributed by atoms with Crippen LogP contribution in [0.4, 0.5) is 5.13 Å². The zero-order valence-electron chi connectivity index (χ0n) is 17.3. The fourth-order valence-corrected chi connectivity index (χ4v) is 4.35. The number of pyridine rings is 1. The minimum atomic E-state index is -0.338. The first-order valence-corrected chi connectivity index (χ1v) is 10.6. The topological polar surface area (TPSA) is 96.9 Å². The molecule has 31 heavy (non-hydrogen) atoms. The summed E-state index contributed by atoms with van der Waals surface area (Å²) in [6, 6.07) is 8.70. The minimum Gasteiger partial charge on any atom is -0.493 e. The van der Waals surface area contributed by atoms with Crippen LogP contribution >= 0.6 is 11.3 Å². The highest BCUT2D eigenvalue weighted by atomic mass is 32.1. The Morgan fingerprint density at radius 1 is 1.10 bits per heavy atom. The van der Waals surface area contributed by atoms with Crippen molar-refractivity contribution in [1.82, 2.24) is 20.2 Å². The van der Waals surface area contributed by atoms with E-state index in [2.05, 4.69) is 20.2 Å². The van der Waals surface area contributed by atoms with Gasteiger partial charge in [-0.2, -0.15) is 0 Å². The van der Waals surface area contributed by atoms with E-state index in [4.69, 9.17) is 9.47 Å². The van der Waals surface area contributed by atoms with Crippen molar-refractivity contribution < 1.29 is 19.1 Å². The number of nitrogens with one attached hydrogen (secondary N) is 1. The lowest BCUT2D eigenvalue weighted by molar-refractivity contribution is -0.130. The average molecular weight is 442 g/mol. The summed E-state index contributed by atoms with van der Waals surface area (Å²) in [4.78, 5) is 38.8. The average Bonchev–Trinajstić information content (AvgIpc) is 3.26. The number of carbonyl (C=O) groups excluding carboxylic acids is 2. The number of aromatic nitrogens is 2. The van der Waals surface area contributed by atoms with E-state index in [9.17, 15) is 9.59 Å². The molecule has 3 aromatic rings. The highest BCUT2D eigenvalue weighted by molar-refractivity contribution is 7.21. The van der Waals surface area contributed by atoms with Gasteiger partial charge in [0.25, 0.3) is 5.91 Å². The Morgan fingerprint density at radius 3 is 2.58 bits per heavy atom. The van der Waals surface area contributed by atoms with Gasteiger partial charge in [0, 0.05) is 37.9 Å². The molecule has 0 aliphatic carbocycles.